The van der Waals surface area contributed by atoms with Crippen molar-refractivity contribution in [1.29, 1.82) is 0 Å². The van der Waals surface area contributed by atoms with Gasteiger partial charge in [-0.05, 0) is 30.5 Å². The van der Waals surface area contributed by atoms with E-state index < -0.39 is 0 Å². The Hall–Kier alpha value is -1.26. The SMILES string of the molecule is CCCNC1c2ccccc2CC1Sc1ncc[nH]1. The lowest BCUT2D eigenvalue weighted by atomic mass is 10.1. The second-order valence-electron chi connectivity index (χ2n) is 4.89. The summed E-state index contributed by atoms with van der Waals surface area (Å²) in [6.45, 7) is 3.27. The Kier molecular flexibility index (Phi) is 3.89. The maximum atomic E-state index is 4.34. The molecular weight excluding hydrogens is 254 g/mol. The van der Waals surface area contributed by atoms with Crippen LogP contribution in [0.1, 0.15) is 30.5 Å². The molecule has 19 heavy (non-hydrogen) atoms. The van der Waals surface area contributed by atoms with Crippen molar-refractivity contribution in [3.63, 3.8) is 0 Å². The van der Waals surface area contributed by atoms with E-state index in [-0.39, 0.29) is 0 Å². The van der Waals surface area contributed by atoms with Crippen molar-refractivity contribution in [1.82, 2.24) is 15.3 Å². The van der Waals surface area contributed by atoms with E-state index >= 15 is 0 Å². The molecule has 1 aliphatic rings. The lowest BCUT2D eigenvalue weighted by molar-refractivity contribution is 0.538. The summed E-state index contributed by atoms with van der Waals surface area (Å²) in [4.78, 5) is 7.53. The Morgan fingerprint density at radius 2 is 2.32 bits per heavy atom. The summed E-state index contributed by atoms with van der Waals surface area (Å²) in [5.41, 5.74) is 2.93. The maximum absolute atomic E-state index is 4.34. The van der Waals surface area contributed by atoms with Gasteiger partial charge in [0.2, 0.25) is 0 Å². The summed E-state index contributed by atoms with van der Waals surface area (Å²) in [6, 6.07) is 9.21. The van der Waals surface area contributed by atoms with Crippen LogP contribution >= 0.6 is 11.8 Å². The predicted molar refractivity (Wildman–Crippen MR) is 79.4 cm³/mol. The molecule has 4 heteroatoms. The molecule has 0 saturated carbocycles. The van der Waals surface area contributed by atoms with Gasteiger partial charge in [-0.2, -0.15) is 0 Å². The van der Waals surface area contributed by atoms with Gasteiger partial charge in [-0.3, -0.25) is 0 Å². The maximum Gasteiger partial charge on any atom is 0.165 e. The number of benzene rings is 1. The first-order valence-corrected chi connectivity index (χ1v) is 7.73. The van der Waals surface area contributed by atoms with Crippen molar-refractivity contribution in [2.24, 2.45) is 0 Å². The zero-order chi connectivity index (χ0) is 13.1. The lowest BCUT2D eigenvalue weighted by Gasteiger charge is -2.20. The van der Waals surface area contributed by atoms with Gasteiger partial charge in [0.25, 0.3) is 0 Å². The van der Waals surface area contributed by atoms with E-state index in [1.807, 2.05) is 24.2 Å². The van der Waals surface area contributed by atoms with E-state index in [1.165, 1.54) is 11.1 Å². The van der Waals surface area contributed by atoms with E-state index in [0.717, 1.165) is 24.5 Å². The normalized spacial score (nSPS) is 21.5. The molecule has 0 bridgehead atoms. The van der Waals surface area contributed by atoms with Gasteiger partial charge in [-0.15, -0.1) is 0 Å². The van der Waals surface area contributed by atoms with E-state index in [4.69, 9.17) is 0 Å². The van der Waals surface area contributed by atoms with Gasteiger partial charge in [-0.1, -0.05) is 43.0 Å². The van der Waals surface area contributed by atoms with Crippen LogP contribution in [-0.2, 0) is 6.42 Å². The Morgan fingerprint density at radius 1 is 1.42 bits per heavy atom. The molecule has 1 aliphatic carbocycles. The molecule has 2 aromatic rings. The van der Waals surface area contributed by atoms with Gasteiger partial charge >= 0.3 is 0 Å². The summed E-state index contributed by atoms with van der Waals surface area (Å²) in [7, 11) is 0. The van der Waals surface area contributed by atoms with Gasteiger partial charge in [0.15, 0.2) is 5.16 Å². The summed E-state index contributed by atoms with van der Waals surface area (Å²) in [5.74, 6) is 0. The number of rotatable bonds is 5. The zero-order valence-corrected chi connectivity index (χ0v) is 11.9. The number of imidazole rings is 1. The van der Waals surface area contributed by atoms with Crippen LogP contribution in [-0.4, -0.2) is 21.8 Å². The molecule has 0 radical (unpaired) electrons. The first-order valence-electron chi connectivity index (χ1n) is 6.85. The molecule has 0 fully saturated rings. The first-order chi connectivity index (χ1) is 9.38. The molecule has 2 unspecified atom stereocenters. The van der Waals surface area contributed by atoms with Crippen molar-refractivity contribution in [2.75, 3.05) is 6.54 Å². The second kappa shape index (κ2) is 5.80. The van der Waals surface area contributed by atoms with Crippen LogP contribution in [0.3, 0.4) is 0 Å². The molecule has 1 heterocycles. The molecule has 2 atom stereocenters. The quantitative estimate of drug-likeness (QED) is 0.879. The number of nitrogens with one attached hydrogen (secondary N) is 2. The first kappa shape index (κ1) is 12.8. The number of aromatic amines is 1. The van der Waals surface area contributed by atoms with E-state index in [2.05, 4.69) is 46.5 Å². The van der Waals surface area contributed by atoms with Crippen molar-refractivity contribution in [2.45, 2.75) is 36.2 Å². The molecule has 3 nitrogen and oxygen atoms in total. The van der Waals surface area contributed by atoms with Gasteiger partial charge in [0, 0.05) is 23.7 Å². The van der Waals surface area contributed by atoms with Crippen molar-refractivity contribution in [3.8, 4) is 0 Å². The highest BCUT2D eigenvalue weighted by atomic mass is 32.2. The van der Waals surface area contributed by atoms with Gasteiger partial charge in [0.05, 0.1) is 0 Å². The van der Waals surface area contributed by atoms with Crippen molar-refractivity contribution >= 4 is 11.8 Å². The Balaban J connectivity index is 1.80. The Labute approximate surface area is 118 Å². The minimum absolute atomic E-state index is 0.436. The van der Waals surface area contributed by atoms with Crippen LogP contribution in [0.15, 0.2) is 41.8 Å². The van der Waals surface area contributed by atoms with E-state index in [1.54, 1.807) is 0 Å². The van der Waals surface area contributed by atoms with Gasteiger partial charge in [-0.25, -0.2) is 4.98 Å². The van der Waals surface area contributed by atoms with Crippen LogP contribution in [0.5, 0.6) is 0 Å². The van der Waals surface area contributed by atoms with Crippen LogP contribution in [0.25, 0.3) is 0 Å². The third kappa shape index (κ3) is 2.69. The molecule has 3 rings (SSSR count). The van der Waals surface area contributed by atoms with Crippen LogP contribution in [0.4, 0.5) is 0 Å². The topological polar surface area (TPSA) is 40.7 Å². The third-order valence-corrected chi connectivity index (χ3v) is 4.72. The van der Waals surface area contributed by atoms with E-state index in [9.17, 15) is 0 Å². The van der Waals surface area contributed by atoms with Crippen molar-refractivity contribution in [3.05, 3.63) is 47.8 Å². The average molecular weight is 273 g/mol. The predicted octanol–water partition coefficient (Wildman–Crippen LogP) is 3.17. The highest BCUT2D eigenvalue weighted by molar-refractivity contribution is 7.99. The standard InChI is InChI=1S/C15H19N3S/c1-2-7-16-14-12-6-4-3-5-11(12)10-13(14)19-15-17-8-9-18-15/h3-6,8-9,13-14,16H,2,7,10H2,1H3,(H,17,18). The largest absolute Gasteiger partial charge is 0.340 e. The number of fused-ring (bicyclic) bond motifs is 1. The number of aromatic nitrogens is 2. The van der Waals surface area contributed by atoms with Gasteiger partial charge in [0.1, 0.15) is 0 Å². The number of H-pyrrole nitrogens is 1. The summed E-state index contributed by atoms with van der Waals surface area (Å²) >= 11 is 1.84. The van der Waals surface area contributed by atoms with Gasteiger partial charge < -0.3 is 10.3 Å². The summed E-state index contributed by atoms with van der Waals surface area (Å²) in [5, 5.41) is 5.23. The molecule has 0 amide bonds. The smallest absolute Gasteiger partial charge is 0.165 e. The highest BCUT2D eigenvalue weighted by Gasteiger charge is 2.32. The number of thioether (sulfide) groups is 1. The van der Waals surface area contributed by atoms with Crippen LogP contribution in [0, 0.1) is 0 Å². The number of hydrogen-bond donors (Lipinski definition) is 2. The van der Waals surface area contributed by atoms with Crippen molar-refractivity contribution < 1.29 is 0 Å². The fourth-order valence-electron chi connectivity index (χ4n) is 2.67. The molecule has 0 saturated heterocycles. The molecule has 0 spiro atoms. The monoisotopic (exact) mass is 273 g/mol. The second-order valence-corrected chi connectivity index (χ2v) is 6.11. The zero-order valence-electron chi connectivity index (χ0n) is 11.1. The van der Waals surface area contributed by atoms with Crippen LogP contribution < -0.4 is 5.32 Å². The average Bonchev–Trinajstić information content (AvgIpc) is 3.04. The molecule has 100 valence electrons. The molecule has 1 aromatic heterocycles. The highest BCUT2D eigenvalue weighted by Crippen LogP contribution is 2.40. The number of nitrogens with zero attached hydrogens (tertiary/aromatic N) is 1. The fourth-order valence-corrected chi connectivity index (χ4v) is 3.85. The Bertz CT molecular complexity index is 522. The molecular formula is C15H19N3S. The minimum Gasteiger partial charge on any atom is -0.340 e. The Morgan fingerprint density at radius 3 is 3.11 bits per heavy atom. The molecule has 2 N–H and O–H groups in total. The summed E-state index contributed by atoms with van der Waals surface area (Å²) < 4.78 is 0. The lowest BCUT2D eigenvalue weighted by Crippen LogP contribution is -2.27. The number of hydrogen-bond acceptors (Lipinski definition) is 3. The summed E-state index contributed by atoms with van der Waals surface area (Å²) in [6.07, 6.45) is 5.98. The molecule has 1 aromatic carbocycles. The van der Waals surface area contributed by atoms with E-state index in [0.29, 0.717) is 11.3 Å². The molecule has 0 aliphatic heterocycles. The van der Waals surface area contributed by atoms with Crippen LogP contribution in [0.2, 0.25) is 0 Å². The third-order valence-electron chi connectivity index (χ3n) is 3.53. The fraction of sp³-hybridized carbons (Fsp3) is 0.400. The minimum atomic E-state index is 0.436.